The molecule has 4 nitrogen and oxygen atoms in total. The first kappa shape index (κ1) is 22.1. The number of sulfonamides is 1. The van der Waals surface area contributed by atoms with E-state index in [4.69, 9.17) is 5.14 Å². The summed E-state index contributed by atoms with van der Waals surface area (Å²) < 4.78 is 37.4. The zero-order valence-electron chi connectivity index (χ0n) is 18.6. The van der Waals surface area contributed by atoms with E-state index in [2.05, 4.69) is 23.1 Å². The average Bonchev–Trinajstić information content (AvgIpc) is 2.99. The van der Waals surface area contributed by atoms with Gasteiger partial charge < -0.3 is 4.90 Å². The second-order valence-corrected chi connectivity index (χ2v) is 12.1. The van der Waals surface area contributed by atoms with Crippen LogP contribution < -0.4 is 5.14 Å². The van der Waals surface area contributed by atoms with Gasteiger partial charge in [-0.1, -0.05) is 36.8 Å². The smallest absolute Gasteiger partial charge is 0.214 e. The fourth-order valence-electron chi connectivity index (χ4n) is 5.91. The van der Waals surface area contributed by atoms with Gasteiger partial charge in [-0.15, -0.1) is 0 Å². The highest BCUT2D eigenvalue weighted by atomic mass is 32.2. The van der Waals surface area contributed by atoms with Crippen LogP contribution in [-0.2, 0) is 29.3 Å². The second-order valence-electron chi connectivity index (χ2n) is 10.2. The van der Waals surface area contributed by atoms with Crippen LogP contribution >= 0.6 is 0 Å². The van der Waals surface area contributed by atoms with Crippen LogP contribution in [0.1, 0.15) is 60.3 Å². The summed E-state index contributed by atoms with van der Waals surface area (Å²) in [4.78, 5) is 2.53. The largest absolute Gasteiger partial charge is 0.303 e. The highest BCUT2D eigenvalue weighted by molar-refractivity contribution is 7.90. The molecule has 2 aromatic carbocycles. The van der Waals surface area contributed by atoms with Crippen molar-refractivity contribution in [2.75, 3.05) is 19.6 Å². The minimum Gasteiger partial charge on any atom is -0.303 e. The number of aryl methyl sites for hydroxylation is 1. The van der Waals surface area contributed by atoms with E-state index in [-0.39, 0.29) is 5.82 Å². The summed E-state index contributed by atoms with van der Waals surface area (Å²) in [6.07, 6.45) is 6.80. The maximum absolute atomic E-state index is 13.9. The Kier molecular flexibility index (Phi) is 5.89. The summed E-state index contributed by atoms with van der Waals surface area (Å²) in [5.74, 6) is 0.719. The molecule has 0 radical (unpaired) electrons. The Balaban J connectivity index is 1.38. The molecule has 1 saturated heterocycles. The summed E-state index contributed by atoms with van der Waals surface area (Å²) in [5.41, 5.74) is 5.00. The molecule has 172 valence electrons. The molecule has 2 aliphatic carbocycles. The van der Waals surface area contributed by atoms with Gasteiger partial charge in [-0.25, -0.2) is 17.9 Å². The van der Waals surface area contributed by atoms with Crippen molar-refractivity contribution >= 4 is 10.0 Å². The molecule has 1 heterocycles. The van der Waals surface area contributed by atoms with Crippen molar-refractivity contribution in [3.8, 4) is 0 Å². The lowest BCUT2D eigenvalue weighted by Gasteiger charge is -2.39. The van der Waals surface area contributed by atoms with Crippen molar-refractivity contribution in [2.45, 2.75) is 62.0 Å². The van der Waals surface area contributed by atoms with Crippen molar-refractivity contribution in [2.24, 2.45) is 11.1 Å². The van der Waals surface area contributed by atoms with Gasteiger partial charge in [-0.3, -0.25) is 0 Å². The Labute approximate surface area is 191 Å². The number of rotatable bonds is 8. The van der Waals surface area contributed by atoms with Gasteiger partial charge in [0, 0.05) is 6.54 Å². The molecular weight excluding hydrogens is 423 g/mol. The standard InChI is InChI=1S/C26H33FN2O2S/c27-23-5-1-4-20(14-23)16-25-22(18-29-12-3-13-29)17-21-7-6-19(15-24(21)25)8-11-26(9-2-10-26)32(28,30)31/h1,4-7,14-15,22,25H,2-3,8-13,16-18H2,(H2,28,30,31). The minimum absolute atomic E-state index is 0.178. The molecule has 2 unspecified atom stereocenters. The van der Waals surface area contributed by atoms with Crippen molar-refractivity contribution in [1.82, 2.24) is 4.90 Å². The summed E-state index contributed by atoms with van der Waals surface area (Å²) >= 11 is 0. The number of hydrogen-bond donors (Lipinski definition) is 1. The van der Waals surface area contributed by atoms with Gasteiger partial charge in [-0.2, -0.15) is 0 Å². The number of benzene rings is 2. The third kappa shape index (κ3) is 4.25. The maximum atomic E-state index is 13.9. The van der Waals surface area contributed by atoms with E-state index < -0.39 is 14.8 Å². The number of nitrogens with zero attached hydrogens (tertiary/aromatic N) is 1. The molecule has 1 aliphatic heterocycles. The number of primary sulfonamides is 1. The van der Waals surface area contributed by atoms with Gasteiger partial charge in [0.1, 0.15) is 5.82 Å². The highest BCUT2D eigenvalue weighted by Crippen LogP contribution is 2.44. The fraction of sp³-hybridized carbons (Fsp3) is 0.538. The van der Waals surface area contributed by atoms with Crippen molar-refractivity contribution < 1.29 is 12.8 Å². The lowest BCUT2D eigenvalue weighted by molar-refractivity contribution is 0.145. The van der Waals surface area contributed by atoms with Crippen molar-refractivity contribution in [3.05, 3.63) is 70.5 Å². The van der Waals surface area contributed by atoms with E-state index in [1.165, 1.54) is 42.3 Å². The summed E-state index contributed by atoms with van der Waals surface area (Å²) in [7, 11) is -3.52. The van der Waals surface area contributed by atoms with Crippen LogP contribution in [0.2, 0.25) is 0 Å². The van der Waals surface area contributed by atoms with Gasteiger partial charge in [0.05, 0.1) is 4.75 Å². The zero-order chi connectivity index (χ0) is 22.3. The molecule has 3 aliphatic rings. The maximum Gasteiger partial charge on any atom is 0.214 e. The Morgan fingerprint density at radius 3 is 2.50 bits per heavy atom. The molecule has 0 aromatic heterocycles. The SMILES string of the molecule is NS(=O)(=O)C1(CCc2ccc3c(c2)C(Cc2cccc(F)c2)C(CN2CCC2)C3)CCC1. The molecule has 2 aromatic rings. The van der Waals surface area contributed by atoms with Crippen molar-refractivity contribution in [1.29, 1.82) is 0 Å². The predicted molar refractivity (Wildman–Crippen MR) is 126 cm³/mol. The minimum atomic E-state index is -3.52. The third-order valence-electron chi connectivity index (χ3n) is 8.18. The van der Waals surface area contributed by atoms with Crippen LogP contribution in [0.3, 0.4) is 0 Å². The number of nitrogens with two attached hydrogens (primary N) is 1. The predicted octanol–water partition coefficient (Wildman–Crippen LogP) is 4.17. The summed E-state index contributed by atoms with van der Waals surface area (Å²) in [6.45, 7) is 3.46. The monoisotopic (exact) mass is 456 g/mol. The molecule has 32 heavy (non-hydrogen) atoms. The molecule has 2 atom stereocenters. The molecule has 6 heteroatoms. The molecule has 2 N–H and O–H groups in total. The number of hydrogen-bond acceptors (Lipinski definition) is 3. The Hall–Kier alpha value is -1.76. The van der Waals surface area contributed by atoms with Gasteiger partial charge in [0.15, 0.2) is 0 Å². The van der Waals surface area contributed by atoms with E-state index in [1.807, 2.05) is 6.07 Å². The topological polar surface area (TPSA) is 63.4 Å². The van der Waals surface area contributed by atoms with Crippen LogP contribution in [0.5, 0.6) is 0 Å². The number of fused-ring (bicyclic) bond motifs is 1. The Morgan fingerprint density at radius 2 is 1.88 bits per heavy atom. The van der Waals surface area contributed by atoms with Gasteiger partial charge in [0.25, 0.3) is 0 Å². The van der Waals surface area contributed by atoms with E-state index >= 15 is 0 Å². The molecule has 5 rings (SSSR count). The molecule has 1 saturated carbocycles. The van der Waals surface area contributed by atoms with E-state index in [9.17, 15) is 12.8 Å². The molecule has 0 bridgehead atoms. The summed E-state index contributed by atoms with van der Waals surface area (Å²) in [6, 6.07) is 13.7. The summed E-state index contributed by atoms with van der Waals surface area (Å²) in [5, 5.41) is 5.57. The first-order valence-electron chi connectivity index (χ1n) is 11.9. The second kappa shape index (κ2) is 8.54. The molecule has 2 fully saturated rings. The van der Waals surface area contributed by atoms with Crippen LogP contribution in [0.25, 0.3) is 0 Å². The van der Waals surface area contributed by atoms with Crippen molar-refractivity contribution in [3.63, 3.8) is 0 Å². The lowest BCUT2D eigenvalue weighted by Crippen LogP contribution is -2.49. The fourth-order valence-corrected chi connectivity index (χ4v) is 7.16. The average molecular weight is 457 g/mol. The van der Waals surface area contributed by atoms with Gasteiger partial charge >= 0.3 is 0 Å². The first-order chi connectivity index (χ1) is 15.3. The van der Waals surface area contributed by atoms with Crippen LogP contribution in [0, 0.1) is 11.7 Å². The quantitative estimate of drug-likeness (QED) is 0.648. The van der Waals surface area contributed by atoms with Crippen LogP contribution in [0.15, 0.2) is 42.5 Å². The van der Waals surface area contributed by atoms with Gasteiger partial charge in [0.2, 0.25) is 10.0 Å². The third-order valence-corrected chi connectivity index (χ3v) is 10.0. The van der Waals surface area contributed by atoms with E-state index in [0.717, 1.165) is 37.8 Å². The highest BCUT2D eigenvalue weighted by Gasteiger charge is 2.46. The van der Waals surface area contributed by atoms with Crippen LogP contribution in [0.4, 0.5) is 4.39 Å². The number of halogens is 1. The lowest BCUT2D eigenvalue weighted by atomic mass is 9.79. The molecule has 0 spiro atoms. The number of likely N-dealkylation sites (tertiary alicyclic amines) is 1. The van der Waals surface area contributed by atoms with E-state index in [1.54, 1.807) is 12.1 Å². The van der Waals surface area contributed by atoms with Crippen LogP contribution in [-0.4, -0.2) is 37.7 Å². The Morgan fingerprint density at radius 1 is 1.06 bits per heavy atom. The molecule has 0 amide bonds. The first-order valence-corrected chi connectivity index (χ1v) is 13.5. The van der Waals surface area contributed by atoms with Gasteiger partial charge in [-0.05, 0) is 104 Å². The Bertz CT molecular complexity index is 1090. The zero-order valence-corrected chi connectivity index (χ0v) is 19.4. The van der Waals surface area contributed by atoms with E-state index in [0.29, 0.717) is 31.1 Å². The normalized spacial score (nSPS) is 24.6. The molecular formula is C26H33FN2O2S.